The van der Waals surface area contributed by atoms with Crippen molar-refractivity contribution >= 4 is 5.71 Å². The fourth-order valence-electron chi connectivity index (χ4n) is 0.921. The fraction of sp³-hybridized carbons (Fsp3) is 0.286. The van der Waals surface area contributed by atoms with E-state index in [1.54, 1.807) is 6.08 Å². The van der Waals surface area contributed by atoms with E-state index in [1.807, 2.05) is 6.92 Å². The maximum atomic E-state index is 10.2. The van der Waals surface area contributed by atoms with E-state index in [0.717, 1.165) is 5.57 Å². The molecule has 4 nitrogen and oxygen atoms in total. The minimum atomic E-state index is -0.523. The Balaban J connectivity index is 2.96. The van der Waals surface area contributed by atoms with E-state index in [9.17, 15) is 10.1 Å². The van der Waals surface area contributed by atoms with Gasteiger partial charge in [-0.25, -0.2) is 0 Å². The summed E-state index contributed by atoms with van der Waals surface area (Å²) in [4.78, 5) is 9.72. The van der Waals surface area contributed by atoms with Gasteiger partial charge in [-0.3, -0.25) is 15.5 Å². The molecule has 1 rings (SSSR count). The van der Waals surface area contributed by atoms with Gasteiger partial charge in [0.2, 0.25) is 0 Å². The lowest BCUT2D eigenvalue weighted by Crippen LogP contribution is -2.13. The number of hydrogen-bond donors (Lipinski definition) is 1. The van der Waals surface area contributed by atoms with Crippen LogP contribution < -0.4 is 0 Å². The van der Waals surface area contributed by atoms with Crippen LogP contribution in [0.1, 0.15) is 13.3 Å². The summed E-state index contributed by atoms with van der Waals surface area (Å²) in [7, 11) is 0. The van der Waals surface area contributed by atoms with E-state index in [-0.39, 0.29) is 11.4 Å². The van der Waals surface area contributed by atoms with E-state index in [4.69, 9.17) is 5.41 Å². The summed E-state index contributed by atoms with van der Waals surface area (Å²) in [6.07, 6.45) is 3.45. The predicted molar refractivity (Wildman–Crippen MR) is 41.2 cm³/mol. The van der Waals surface area contributed by atoms with Gasteiger partial charge in [0.1, 0.15) is 5.71 Å². The Morgan fingerprint density at radius 3 is 2.73 bits per heavy atom. The molecule has 11 heavy (non-hydrogen) atoms. The molecule has 1 N–H and O–H groups in total. The van der Waals surface area contributed by atoms with Crippen molar-refractivity contribution in [1.29, 1.82) is 5.41 Å². The van der Waals surface area contributed by atoms with Crippen LogP contribution in [0.5, 0.6) is 0 Å². The normalized spacial score (nSPS) is 17.4. The third kappa shape index (κ3) is 1.52. The Bertz CT molecular complexity index is 276. The van der Waals surface area contributed by atoms with E-state index in [1.165, 1.54) is 6.08 Å². The minimum absolute atomic E-state index is 0.0874. The van der Waals surface area contributed by atoms with Crippen molar-refractivity contribution < 1.29 is 4.92 Å². The highest BCUT2D eigenvalue weighted by molar-refractivity contribution is 5.98. The highest BCUT2D eigenvalue weighted by Gasteiger charge is 2.19. The number of nitrogens with one attached hydrogen (secondary N) is 1. The van der Waals surface area contributed by atoms with Gasteiger partial charge in [0.05, 0.1) is 4.92 Å². The second-order valence-electron chi connectivity index (χ2n) is 2.48. The molecule has 0 saturated carbocycles. The molecule has 0 unspecified atom stereocenters. The number of allylic oxidation sites excluding steroid dienone is 4. The molecule has 0 bridgehead atoms. The molecule has 0 aromatic heterocycles. The number of hydrogen-bond acceptors (Lipinski definition) is 3. The van der Waals surface area contributed by atoms with E-state index < -0.39 is 4.92 Å². The molecule has 0 heterocycles. The van der Waals surface area contributed by atoms with Gasteiger partial charge in [0.15, 0.2) is 0 Å². The van der Waals surface area contributed by atoms with Crippen LogP contribution in [-0.4, -0.2) is 10.6 Å². The Hall–Kier alpha value is -1.45. The van der Waals surface area contributed by atoms with Crippen molar-refractivity contribution in [1.82, 2.24) is 0 Å². The number of nitro groups is 1. The van der Waals surface area contributed by atoms with E-state index in [0.29, 0.717) is 6.42 Å². The molecule has 0 spiro atoms. The van der Waals surface area contributed by atoms with Crippen LogP contribution >= 0.6 is 0 Å². The van der Waals surface area contributed by atoms with Crippen LogP contribution in [0.4, 0.5) is 0 Å². The molecule has 0 aliphatic heterocycles. The first kappa shape index (κ1) is 7.65. The van der Waals surface area contributed by atoms with Gasteiger partial charge in [0.25, 0.3) is 5.70 Å². The molecule has 0 aromatic rings. The Labute approximate surface area is 63.9 Å². The molecule has 0 radical (unpaired) electrons. The van der Waals surface area contributed by atoms with Crippen LogP contribution in [0.25, 0.3) is 0 Å². The van der Waals surface area contributed by atoms with Crippen molar-refractivity contribution in [2.75, 3.05) is 0 Å². The summed E-state index contributed by atoms with van der Waals surface area (Å²) in [6, 6.07) is 0. The van der Waals surface area contributed by atoms with Crippen molar-refractivity contribution in [3.63, 3.8) is 0 Å². The summed E-state index contributed by atoms with van der Waals surface area (Å²) < 4.78 is 0. The van der Waals surface area contributed by atoms with Gasteiger partial charge in [-0.1, -0.05) is 11.6 Å². The Morgan fingerprint density at radius 2 is 2.27 bits per heavy atom. The van der Waals surface area contributed by atoms with Crippen molar-refractivity contribution in [2.45, 2.75) is 13.3 Å². The number of nitrogens with zero attached hydrogens (tertiary/aromatic N) is 1. The predicted octanol–water partition coefficient (Wildman–Crippen LogP) is 1.52. The zero-order valence-electron chi connectivity index (χ0n) is 6.13. The lowest BCUT2D eigenvalue weighted by atomic mass is 10.0. The lowest BCUT2D eigenvalue weighted by molar-refractivity contribution is -0.415. The minimum Gasteiger partial charge on any atom is -0.298 e. The average Bonchev–Trinajstić information content (AvgIpc) is 1.85. The summed E-state index contributed by atoms with van der Waals surface area (Å²) in [6.45, 7) is 1.85. The van der Waals surface area contributed by atoms with Gasteiger partial charge in [-0.05, 0) is 6.92 Å². The largest absolute Gasteiger partial charge is 0.298 e. The third-order valence-electron chi connectivity index (χ3n) is 1.49. The monoisotopic (exact) mass is 152 g/mol. The highest BCUT2D eigenvalue weighted by atomic mass is 16.6. The average molecular weight is 152 g/mol. The molecule has 1 aliphatic rings. The van der Waals surface area contributed by atoms with Crippen LogP contribution in [0.2, 0.25) is 0 Å². The Morgan fingerprint density at radius 1 is 1.64 bits per heavy atom. The van der Waals surface area contributed by atoms with Gasteiger partial charge >= 0.3 is 0 Å². The summed E-state index contributed by atoms with van der Waals surface area (Å²) in [5, 5.41) is 17.5. The maximum Gasteiger partial charge on any atom is 0.290 e. The fourth-order valence-corrected chi connectivity index (χ4v) is 0.921. The van der Waals surface area contributed by atoms with Gasteiger partial charge in [-0.15, -0.1) is 0 Å². The van der Waals surface area contributed by atoms with E-state index in [2.05, 4.69) is 0 Å². The summed E-state index contributed by atoms with van der Waals surface area (Å²) >= 11 is 0. The highest BCUT2D eigenvalue weighted by Crippen LogP contribution is 2.14. The van der Waals surface area contributed by atoms with E-state index >= 15 is 0 Å². The van der Waals surface area contributed by atoms with Crippen molar-refractivity contribution in [3.8, 4) is 0 Å². The lowest BCUT2D eigenvalue weighted by Gasteiger charge is -2.05. The quantitative estimate of drug-likeness (QED) is 0.457. The molecule has 0 fully saturated rings. The zero-order valence-corrected chi connectivity index (χ0v) is 6.13. The first-order chi connectivity index (χ1) is 5.11. The molecular weight excluding hydrogens is 144 g/mol. The maximum absolute atomic E-state index is 10.2. The van der Waals surface area contributed by atoms with Gasteiger partial charge in [-0.2, -0.15) is 0 Å². The van der Waals surface area contributed by atoms with Crippen LogP contribution in [0.15, 0.2) is 23.4 Å². The summed E-state index contributed by atoms with van der Waals surface area (Å²) in [5.74, 6) is 0. The topological polar surface area (TPSA) is 67.0 Å². The molecule has 1 aliphatic carbocycles. The molecule has 0 saturated heterocycles. The van der Waals surface area contributed by atoms with Crippen LogP contribution in [-0.2, 0) is 0 Å². The molecule has 0 atom stereocenters. The van der Waals surface area contributed by atoms with Crippen molar-refractivity contribution in [3.05, 3.63) is 33.5 Å². The molecular formula is C7H8N2O2. The molecule has 0 amide bonds. The van der Waals surface area contributed by atoms with Gasteiger partial charge < -0.3 is 0 Å². The van der Waals surface area contributed by atoms with Crippen LogP contribution in [0.3, 0.4) is 0 Å². The standard InChI is InChI=1S/C7H8N2O2/c1-5-2-3-7(9(10)11)6(8)4-5/h2-3,8H,4H2,1H3. The molecule has 4 heteroatoms. The molecule has 0 aromatic carbocycles. The summed E-state index contributed by atoms with van der Waals surface area (Å²) in [5.41, 5.74) is 0.992. The second kappa shape index (κ2) is 2.65. The SMILES string of the molecule is CC1=CC=C([N+](=O)[O-])C(=N)C1. The Kier molecular flexibility index (Phi) is 1.85. The van der Waals surface area contributed by atoms with Crippen LogP contribution in [0, 0.1) is 15.5 Å². The first-order valence-corrected chi connectivity index (χ1v) is 3.21. The second-order valence-corrected chi connectivity index (χ2v) is 2.48. The zero-order chi connectivity index (χ0) is 8.43. The molecule has 58 valence electrons. The smallest absolute Gasteiger partial charge is 0.290 e. The first-order valence-electron chi connectivity index (χ1n) is 3.21. The number of rotatable bonds is 1. The van der Waals surface area contributed by atoms with Crippen molar-refractivity contribution in [2.24, 2.45) is 0 Å². The third-order valence-corrected chi connectivity index (χ3v) is 1.49. The van der Waals surface area contributed by atoms with Gasteiger partial charge in [0, 0.05) is 12.5 Å².